The molecule has 0 aromatic carbocycles. The SMILES string of the molecule is CCCCCCCCC(CNC(C)(C)C)C(C)(C)C. The normalized spacial score (nSPS) is 14.7. The van der Waals surface area contributed by atoms with Crippen LogP contribution < -0.4 is 5.32 Å². The van der Waals surface area contributed by atoms with E-state index in [1.165, 1.54) is 44.9 Å². The number of rotatable bonds is 9. The molecular weight excluding hydrogens is 230 g/mol. The molecular formula is C18H39N. The Hall–Kier alpha value is -0.0400. The summed E-state index contributed by atoms with van der Waals surface area (Å²) < 4.78 is 0. The summed E-state index contributed by atoms with van der Waals surface area (Å²) in [7, 11) is 0. The van der Waals surface area contributed by atoms with E-state index in [0.29, 0.717) is 5.41 Å². The predicted molar refractivity (Wildman–Crippen MR) is 88.7 cm³/mol. The van der Waals surface area contributed by atoms with Crippen LogP contribution in [0.2, 0.25) is 0 Å². The van der Waals surface area contributed by atoms with E-state index >= 15 is 0 Å². The molecule has 0 saturated heterocycles. The van der Waals surface area contributed by atoms with Gasteiger partial charge in [0.05, 0.1) is 0 Å². The van der Waals surface area contributed by atoms with Crippen molar-refractivity contribution < 1.29 is 0 Å². The molecule has 0 amide bonds. The number of hydrogen-bond acceptors (Lipinski definition) is 1. The van der Waals surface area contributed by atoms with Crippen LogP contribution in [0.1, 0.15) is 93.4 Å². The summed E-state index contributed by atoms with van der Waals surface area (Å²) in [6.07, 6.45) is 9.81. The number of nitrogens with one attached hydrogen (secondary N) is 1. The summed E-state index contributed by atoms with van der Waals surface area (Å²) in [5.41, 5.74) is 0.659. The van der Waals surface area contributed by atoms with E-state index in [2.05, 4.69) is 53.8 Å². The van der Waals surface area contributed by atoms with Gasteiger partial charge in [0, 0.05) is 5.54 Å². The van der Waals surface area contributed by atoms with Gasteiger partial charge in [0.1, 0.15) is 0 Å². The quantitative estimate of drug-likeness (QED) is 0.523. The molecule has 0 saturated carbocycles. The summed E-state index contributed by atoms with van der Waals surface area (Å²) >= 11 is 0. The largest absolute Gasteiger partial charge is 0.312 e. The molecule has 1 N–H and O–H groups in total. The van der Waals surface area contributed by atoms with Crippen molar-refractivity contribution in [3.63, 3.8) is 0 Å². The van der Waals surface area contributed by atoms with Crippen molar-refractivity contribution in [3.05, 3.63) is 0 Å². The summed E-state index contributed by atoms with van der Waals surface area (Å²) in [5, 5.41) is 3.69. The zero-order valence-corrected chi connectivity index (χ0v) is 14.7. The summed E-state index contributed by atoms with van der Waals surface area (Å²) in [4.78, 5) is 0. The van der Waals surface area contributed by atoms with Gasteiger partial charge in [-0.25, -0.2) is 0 Å². The summed E-state index contributed by atoms with van der Waals surface area (Å²) in [6, 6.07) is 0. The van der Waals surface area contributed by atoms with Gasteiger partial charge < -0.3 is 5.32 Å². The van der Waals surface area contributed by atoms with Gasteiger partial charge in [0.15, 0.2) is 0 Å². The van der Waals surface area contributed by atoms with Crippen LogP contribution in [0.4, 0.5) is 0 Å². The predicted octanol–water partition coefficient (Wildman–Crippen LogP) is 5.79. The number of unbranched alkanes of at least 4 members (excludes halogenated alkanes) is 5. The van der Waals surface area contributed by atoms with Crippen LogP contribution in [0.25, 0.3) is 0 Å². The maximum absolute atomic E-state index is 3.69. The Morgan fingerprint density at radius 3 is 1.79 bits per heavy atom. The van der Waals surface area contributed by atoms with Crippen LogP contribution in [-0.2, 0) is 0 Å². The van der Waals surface area contributed by atoms with Gasteiger partial charge in [-0.05, 0) is 45.1 Å². The van der Waals surface area contributed by atoms with Gasteiger partial charge in [-0.15, -0.1) is 0 Å². The lowest BCUT2D eigenvalue weighted by Crippen LogP contribution is -2.42. The van der Waals surface area contributed by atoms with Crippen LogP contribution in [0.15, 0.2) is 0 Å². The van der Waals surface area contributed by atoms with Crippen molar-refractivity contribution in [3.8, 4) is 0 Å². The molecule has 0 radical (unpaired) electrons. The van der Waals surface area contributed by atoms with Crippen LogP contribution >= 0.6 is 0 Å². The highest BCUT2D eigenvalue weighted by Gasteiger charge is 2.25. The molecule has 1 heteroatoms. The van der Waals surface area contributed by atoms with Crippen molar-refractivity contribution in [1.82, 2.24) is 5.32 Å². The molecule has 1 nitrogen and oxygen atoms in total. The number of hydrogen-bond donors (Lipinski definition) is 1. The second-order valence-electron chi connectivity index (χ2n) is 8.25. The van der Waals surface area contributed by atoms with E-state index in [4.69, 9.17) is 0 Å². The van der Waals surface area contributed by atoms with Gasteiger partial charge in [0.25, 0.3) is 0 Å². The first-order valence-electron chi connectivity index (χ1n) is 8.42. The minimum absolute atomic E-state index is 0.241. The van der Waals surface area contributed by atoms with Crippen molar-refractivity contribution in [2.45, 2.75) is 99.0 Å². The highest BCUT2D eigenvalue weighted by atomic mass is 14.9. The molecule has 19 heavy (non-hydrogen) atoms. The van der Waals surface area contributed by atoms with Gasteiger partial charge in [0.2, 0.25) is 0 Å². The fraction of sp³-hybridized carbons (Fsp3) is 1.00. The molecule has 0 aromatic rings. The molecule has 0 bridgehead atoms. The second kappa shape index (κ2) is 9.00. The molecule has 0 aliphatic carbocycles. The smallest absolute Gasteiger partial charge is 0.00966 e. The van der Waals surface area contributed by atoms with Crippen LogP contribution in [0.5, 0.6) is 0 Å². The van der Waals surface area contributed by atoms with Crippen molar-refractivity contribution in [1.29, 1.82) is 0 Å². The second-order valence-corrected chi connectivity index (χ2v) is 8.25. The Morgan fingerprint density at radius 2 is 1.32 bits per heavy atom. The Labute approximate surface area is 122 Å². The van der Waals surface area contributed by atoms with Gasteiger partial charge in [-0.1, -0.05) is 66.2 Å². The Bertz CT molecular complexity index is 207. The molecule has 0 aliphatic heterocycles. The zero-order valence-electron chi connectivity index (χ0n) is 14.7. The van der Waals surface area contributed by atoms with Crippen LogP contribution in [-0.4, -0.2) is 12.1 Å². The van der Waals surface area contributed by atoms with E-state index in [1.54, 1.807) is 0 Å². The fourth-order valence-corrected chi connectivity index (χ4v) is 2.44. The van der Waals surface area contributed by atoms with Crippen molar-refractivity contribution in [2.24, 2.45) is 11.3 Å². The van der Waals surface area contributed by atoms with E-state index in [9.17, 15) is 0 Å². The van der Waals surface area contributed by atoms with E-state index in [0.717, 1.165) is 12.5 Å². The van der Waals surface area contributed by atoms with E-state index < -0.39 is 0 Å². The minimum Gasteiger partial charge on any atom is -0.312 e. The maximum Gasteiger partial charge on any atom is 0.00966 e. The van der Waals surface area contributed by atoms with Gasteiger partial charge in [-0.2, -0.15) is 0 Å². The van der Waals surface area contributed by atoms with Gasteiger partial charge >= 0.3 is 0 Å². The molecule has 0 aliphatic rings. The first-order valence-corrected chi connectivity index (χ1v) is 8.42. The Morgan fingerprint density at radius 1 is 0.789 bits per heavy atom. The molecule has 0 fully saturated rings. The van der Waals surface area contributed by atoms with Crippen LogP contribution in [0.3, 0.4) is 0 Å². The molecule has 0 rings (SSSR count). The van der Waals surface area contributed by atoms with Crippen molar-refractivity contribution >= 4 is 0 Å². The topological polar surface area (TPSA) is 12.0 Å². The average Bonchev–Trinajstić information content (AvgIpc) is 2.23. The monoisotopic (exact) mass is 269 g/mol. The average molecular weight is 270 g/mol. The summed E-state index contributed by atoms with van der Waals surface area (Å²) in [6.45, 7) is 17.4. The molecule has 1 atom stereocenters. The Balaban J connectivity index is 3.95. The lowest BCUT2D eigenvalue weighted by atomic mass is 9.77. The lowest BCUT2D eigenvalue weighted by molar-refractivity contribution is 0.198. The highest BCUT2D eigenvalue weighted by Crippen LogP contribution is 2.30. The molecule has 0 heterocycles. The third kappa shape index (κ3) is 11.5. The standard InChI is InChI=1S/C18H39N/c1-8-9-10-11-12-13-14-16(17(2,3)4)15-19-18(5,6)7/h16,19H,8-15H2,1-7H3. The third-order valence-electron chi connectivity index (χ3n) is 4.01. The zero-order chi connectivity index (χ0) is 14.9. The minimum atomic E-state index is 0.241. The molecule has 1 unspecified atom stereocenters. The molecule has 0 spiro atoms. The Kier molecular flexibility index (Phi) is 8.98. The maximum atomic E-state index is 3.69. The van der Waals surface area contributed by atoms with Crippen LogP contribution in [0, 0.1) is 11.3 Å². The first kappa shape index (κ1) is 19.0. The highest BCUT2D eigenvalue weighted by molar-refractivity contribution is 4.80. The lowest BCUT2D eigenvalue weighted by Gasteiger charge is -2.34. The molecule has 0 aromatic heterocycles. The van der Waals surface area contributed by atoms with E-state index in [-0.39, 0.29) is 5.54 Å². The first-order chi connectivity index (χ1) is 8.67. The van der Waals surface area contributed by atoms with Gasteiger partial charge in [-0.3, -0.25) is 0 Å². The fourth-order valence-electron chi connectivity index (χ4n) is 2.44. The third-order valence-corrected chi connectivity index (χ3v) is 4.01. The van der Waals surface area contributed by atoms with Crippen molar-refractivity contribution in [2.75, 3.05) is 6.54 Å². The summed E-state index contributed by atoms with van der Waals surface area (Å²) in [5.74, 6) is 0.790. The van der Waals surface area contributed by atoms with E-state index in [1.807, 2.05) is 0 Å². The molecule has 116 valence electrons.